The lowest BCUT2D eigenvalue weighted by Crippen LogP contribution is -2.17. The first kappa shape index (κ1) is 10.2. The van der Waals surface area contributed by atoms with Crippen LogP contribution in [0, 0.1) is 5.82 Å². The maximum absolute atomic E-state index is 12.8. The molecule has 0 aliphatic heterocycles. The van der Waals surface area contributed by atoms with Crippen molar-refractivity contribution in [1.82, 2.24) is 4.57 Å². The van der Waals surface area contributed by atoms with E-state index in [0.29, 0.717) is 6.07 Å². The van der Waals surface area contributed by atoms with Crippen LogP contribution in [-0.4, -0.2) is 13.0 Å². The van der Waals surface area contributed by atoms with Crippen LogP contribution in [0.5, 0.6) is 0 Å². The smallest absolute Gasteiger partial charge is 0.265 e. The molecule has 0 fully saturated rings. The lowest BCUT2D eigenvalue weighted by atomic mass is 10.4. The highest BCUT2D eigenvalue weighted by Crippen LogP contribution is 2.15. The van der Waals surface area contributed by atoms with E-state index in [0.717, 1.165) is 10.8 Å². The maximum atomic E-state index is 12.8. The van der Waals surface area contributed by atoms with Crippen molar-refractivity contribution < 1.29 is 12.8 Å². The minimum absolute atomic E-state index is 0.565. The monoisotopic (exact) mass is 225 g/mol. The second-order valence-electron chi connectivity index (χ2n) is 2.37. The Labute approximate surface area is 78.0 Å². The molecule has 72 valence electrons. The Hall–Kier alpha value is -0.880. The van der Waals surface area contributed by atoms with Gasteiger partial charge in [-0.2, -0.15) is 0 Å². The van der Waals surface area contributed by atoms with Crippen molar-refractivity contribution in [3.8, 4) is 0 Å². The lowest BCUT2D eigenvalue weighted by Gasteiger charge is -2.00. The molecule has 0 saturated carbocycles. The summed E-state index contributed by atoms with van der Waals surface area (Å²) in [6.07, 6.45) is 0.833. The molecule has 7 heteroatoms. The van der Waals surface area contributed by atoms with Gasteiger partial charge in [-0.25, -0.2) is 12.8 Å². The van der Waals surface area contributed by atoms with E-state index in [2.05, 4.69) is 0 Å². The number of nitrogens with zero attached hydrogens (tertiary/aromatic N) is 1. The van der Waals surface area contributed by atoms with Crippen molar-refractivity contribution in [2.24, 2.45) is 7.05 Å². The van der Waals surface area contributed by atoms with Gasteiger partial charge in [-0.15, -0.1) is 0 Å². The highest BCUT2D eigenvalue weighted by Gasteiger charge is 2.17. The number of halogens is 2. The second-order valence-corrected chi connectivity index (χ2v) is 4.91. The van der Waals surface area contributed by atoms with Crippen molar-refractivity contribution in [3.05, 3.63) is 28.4 Å². The first-order chi connectivity index (χ1) is 5.82. The van der Waals surface area contributed by atoms with Crippen LogP contribution in [-0.2, 0) is 16.1 Å². The van der Waals surface area contributed by atoms with E-state index in [1.165, 1.54) is 7.05 Å². The Morgan fingerprint density at radius 2 is 2.08 bits per heavy atom. The predicted molar refractivity (Wildman–Crippen MR) is 44.7 cm³/mol. The molecule has 1 aromatic heterocycles. The fourth-order valence-electron chi connectivity index (χ4n) is 0.762. The second kappa shape index (κ2) is 3.12. The molecule has 0 spiro atoms. The molecule has 0 aliphatic carbocycles. The Bertz CT molecular complexity index is 493. The molecule has 0 bridgehead atoms. The number of aromatic nitrogens is 1. The highest BCUT2D eigenvalue weighted by molar-refractivity contribution is 8.13. The molecule has 4 nitrogen and oxygen atoms in total. The molecule has 1 aromatic rings. The van der Waals surface area contributed by atoms with Gasteiger partial charge < -0.3 is 4.57 Å². The molecule has 13 heavy (non-hydrogen) atoms. The largest absolute Gasteiger partial charge is 0.317 e. The molecular formula is C6H5ClFNO3S. The summed E-state index contributed by atoms with van der Waals surface area (Å²) in [5.74, 6) is -1.14. The number of rotatable bonds is 1. The molecule has 0 atom stereocenters. The van der Waals surface area contributed by atoms with Gasteiger partial charge in [0.05, 0.1) is 0 Å². The number of hydrogen-bond acceptors (Lipinski definition) is 3. The average Bonchev–Trinajstić information content (AvgIpc) is 1.94. The van der Waals surface area contributed by atoms with E-state index in [1.54, 1.807) is 0 Å². The average molecular weight is 226 g/mol. The predicted octanol–water partition coefficient (Wildman–Crippen LogP) is 0.452. The van der Waals surface area contributed by atoms with E-state index < -0.39 is 25.3 Å². The van der Waals surface area contributed by atoms with Gasteiger partial charge in [-0.3, -0.25) is 4.79 Å². The van der Waals surface area contributed by atoms with Crippen LogP contribution < -0.4 is 5.56 Å². The van der Waals surface area contributed by atoms with Crippen molar-refractivity contribution in [2.75, 3.05) is 0 Å². The molecule has 0 aromatic carbocycles. The van der Waals surface area contributed by atoms with E-state index in [4.69, 9.17) is 10.7 Å². The maximum Gasteiger partial charge on any atom is 0.265 e. The third-order valence-corrected chi connectivity index (χ3v) is 2.73. The fourth-order valence-corrected chi connectivity index (χ4v) is 1.68. The van der Waals surface area contributed by atoms with Crippen LogP contribution in [0.4, 0.5) is 4.39 Å². The zero-order chi connectivity index (χ0) is 10.2. The molecule has 0 unspecified atom stereocenters. The van der Waals surface area contributed by atoms with Gasteiger partial charge in [0.15, 0.2) is 0 Å². The van der Waals surface area contributed by atoms with E-state index in [-0.39, 0.29) is 0 Å². The third kappa shape index (κ3) is 2.07. The Morgan fingerprint density at radius 1 is 1.54 bits per heavy atom. The van der Waals surface area contributed by atoms with Crippen molar-refractivity contribution in [2.45, 2.75) is 4.90 Å². The minimum Gasteiger partial charge on any atom is -0.317 e. The fraction of sp³-hybridized carbons (Fsp3) is 0.167. The summed E-state index contributed by atoms with van der Waals surface area (Å²) in [6, 6.07) is 0.565. The third-order valence-electron chi connectivity index (χ3n) is 1.41. The molecular weight excluding hydrogens is 221 g/mol. The van der Waals surface area contributed by atoms with Crippen molar-refractivity contribution in [3.63, 3.8) is 0 Å². The first-order valence-corrected chi connectivity index (χ1v) is 5.44. The standard InChI is InChI=1S/C6H5ClFNO3S/c1-9-3-5(13(7,11)12)4(8)2-6(9)10/h2-3H,1H3. The Kier molecular flexibility index (Phi) is 2.44. The van der Waals surface area contributed by atoms with Crippen LogP contribution in [0.25, 0.3) is 0 Å². The topological polar surface area (TPSA) is 56.1 Å². The van der Waals surface area contributed by atoms with Crippen LogP contribution in [0.15, 0.2) is 22.0 Å². The highest BCUT2D eigenvalue weighted by atomic mass is 35.7. The van der Waals surface area contributed by atoms with Gasteiger partial charge >= 0.3 is 0 Å². The molecule has 1 rings (SSSR count). The van der Waals surface area contributed by atoms with Crippen molar-refractivity contribution >= 4 is 19.7 Å². The lowest BCUT2D eigenvalue weighted by molar-refractivity contribution is 0.564. The van der Waals surface area contributed by atoms with Gasteiger partial charge in [-0.1, -0.05) is 0 Å². The SMILES string of the molecule is Cn1cc(S(=O)(=O)Cl)c(F)cc1=O. The van der Waals surface area contributed by atoms with Gasteiger partial charge in [0.2, 0.25) is 0 Å². The number of aryl methyl sites for hydroxylation is 1. The summed E-state index contributed by atoms with van der Waals surface area (Å²) < 4.78 is 35.2. The number of hydrogen-bond donors (Lipinski definition) is 0. The van der Waals surface area contributed by atoms with Gasteiger partial charge in [0, 0.05) is 30.0 Å². The molecule has 0 amide bonds. The van der Waals surface area contributed by atoms with E-state index in [9.17, 15) is 17.6 Å². The van der Waals surface area contributed by atoms with E-state index >= 15 is 0 Å². The summed E-state index contributed by atoms with van der Waals surface area (Å²) in [7, 11) is 2.07. The Balaban J connectivity index is 3.60. The van der Waals surface area contributed by atoms with Crippen molar-refractivity contribution in [1.29, 1.82) is 0 Å². The zero-order valence-electron chi connectivity index (χ0n) is 6.49. The van der Waals surface area contributed by atoms with Crippen LogP contribution >= 0.6 is 10.7 Å². The molecule has 1 heterocycles. The summed E-state index contributed by atoms with van der Waals surface area (Å²) in [4.78, 5) is 10.1. The summed E-state index contributed by atoms with van der Waals surface area (Å²) in [5.41, 5.74) is -0.637. The quantitative estimate of drug-likeness (QED) is 0.652. The first-order valence-electron chi connectivity index (χ1n) is 3.13. The number of pyridine rings is 1. The zero-order valence-corrected chi connectivity index (χ0v) is 8.06. The van der Waals surface area contributed by atoms with Crippen LogP contribution in [0.3, 0.4) is 0 Å². The minimum atomic E-state index is -4.14. The molecule has 0 aliphatic rings. The van der Waals surface area contributed by atoms with Crippen LogP contribution in [0.1, 0.15) is 0 Å². The molecule has 0 N–H and O–H groups in total. The molecule has 0 radical (unpaired) electrons. The van der Waals surface area contributed by atoms with Gasteiger partial charge in [0.25, 0.3) is 14.6 Å². The summed E-state index contributed by atoms with van der Waals surface area (Å²) >= 11 is 0. The van der Waals surface area contributed by atoms with E-state index in [1.807, 2.05) is 0 Å². The normalized spacial score (nSPS) is 11.6. The molecule has 0 saturated heterocycles. The van der Waals surface area contributed by atoms with Crippen LogP contribution in [0.2, 0.25) is 0 Å². The summed E-state index contributed by atoms with van der Waals surface area (Å²) in [6.45, 7) is 0. The summed E-state index contributed by atoms with van der Waals surface area (Å²) in [5, 5.41) is 0. The van der Waals surface area contributed by atoms with Gasteiger partial charge in [-0.05, 0) is 0 Å². The Morgan fingerprint density at radius 3 is 2.54 bits per heavy atom. The van der Waals surface area contributed by atoms with Gasteiger partial charge in [0.1, 0.15) is 10.7 Å².